The van der Waals surface area contributed by atoms with E-state index in [0.717, 1.165) is 0 Å². The van der Waals surface area contributed by atoms with Crippen LogP contribution in [0.15, 0.2) is 6.07 Å². The summed E-state index contributed by atoms with van der Waals surface area (Å²) in [4.78, 5) is 11.6. The molecule has 15 heavy (non-hydrogen) atoms. The van der Waals surface area contributed by atoms with E-state index < -0.39 is 6.04 Å². The lowest BCUT2D eigenvalue weighted by molar-refractivity contribution is 0.0969. The predicted octanol–water partition coefficient (Wildman–Crippen LogP) is -0.455. The molecule has 1 aromatic carbocycles. The number of Topliss-reactive ketones (excluding diaryl/α,β-unsaturated/α-hetero) is 1. The van der Waals surface area contributed by atoms with Crippen LogP contribution in [0, 0.1) is 0 Å². The van der Waals surface area contributed by atoms with Crippen LogP contribution >= 0.6 is 0 Å². The van der Waals surface area contributed by atoms with Gasteiger partial charge in [0.25, 0.3) is 0 Å². The number of carbonyl (C=O) groups is 1. The van der Waals surface area contributed by atoms with Gasteiger partial charge in [-0.2, -0.15) is 0 Å². The van der Waals surface area contributed by atoms with Crippen LogP contribution in [0.3, 0.4) is 0 Å². The van der Waals surface area contributed by atoms with Crippen LogP contribution in [0.2, 0.25) is 0 Å². The van der Waals surface area contributed by atoms with Crippen LogP contribution in [-0.2, 0) is 0 Å². The van der Waals surface area contributed by atoms with Crippen molar-refractivity contribution in [3.05, 3.63) is 11.6 Å². The van der Waals surface area contributed by atoms with E-state index in [1.807, 2.05) is 0 Å². The number of rotatable bonds is 2. The Morgan fingerprint density at radius 3 is 2.13 bits per heavy atom. The van der Waals surface area contributed by atoms with Crippen LogP contribution in [0.25, 0.3) is 0 Å². The minimum Gasteiger partial charge on any atom is -0.397 e. The molecule has 0 amide bonds. The van der Waals surface area contributed by atoms with Crippen molar-refractivity contribution in [2.75, 3.05) is 22.9 Å². The summed E-state index contributed by atoms with van der Waals surface area (Å²) in [6, 6.07) is 0.738. The van der Waals surface area contributed by atoms with Crippen molar-refractivity contribution in [3.63, 3.8) is 0 Å². The number of benzene rings is 1. The number of hydrogen-bond donors (Lipinski definition) is 5. The van der Waals surface area contributed by atoms with Crippen LogP contribution in [0.1, 0.15) is 17.3 Å². The van der Waals surface area contributed by atoms with Gasteiger partial charge >= 0.3 is 0 Å². The molecule has 6 nitrogen and oxygen atoms in total. The van der Waals surface area contributed by atoms with Crippen molar-refractivity contribution in [2.24, 2.45) is 5.73 Å². The van der Waals surface area contributed by atoms with E-state index in [2.05, 4.69) is 0 Å². The van der Waals surface area contributed by atoms with Gasteiger partial charge in [-0.3, -0.25) is 4.79 Å². The molecule has 0 radical (unpaired) electrons. The van der Waals surface area contributed by atoms with Gasteiger partial charge in [0.2, 0.25) is 0 Å². The highest BCUT2D eigenvalue weighted by molar-refractivity contribution is 6.09. The molecule has 0 saturated heterocycles. The average Bonchev–Trinajstić information content (AvgIpc) is 2.19. The molecule has 10 N–H and O–H groups in total. The predicted molar refractivity (Wildman–Crippen MR) is 62.1 cm³/mol. The maximum absolute atomic E-state index is 11.6. The number of nitrogen functional groups attached to an aromatic ring is 4. The monoisotopic (exact) mass is 209 g/mol. The lowest BCUT2D eigenvalue weighted by Gasteiger charge is -2.13. The van der Waals surface area contributed by atoms with Crippen molar-refractivity contribution in [1.29, 1.82) is 0 Å². The van der Waals surface area contributed by atoms with E-state index in [0.29, 0.717) is 0 Å². The molecule has 0 spiro atoms. The molecule has 0 bridgehead atoms. The fraction of sp³-hybridized carbons (Fsp3) is 0.222. The van der Waals surface area contributed by atoms with Gasteiger partial charge in [0, 0.05) is 5.56 Å². The van der Waals surface area contributed by atoms with Crippen molar-refractivity contribution in [1.82, 2.24) is 0 Å². The molecule has 0 saturated carbocycles. The first kappa shape index (κ1) is 11.1. The van der Waals surface area contributed by atoms with Gasteiger partial charge in [0.05, 0.1) is 28.8 Å². The van der Waals surface area contributed by atoms with Gasteiger partial charge in [0.15, 0.2) is 5.78 Å². The lowest BCUT2D eigenvalue weighted by Crippen LogP contribution is -2.28. The van der Waals surface area contributed by atoms with E-state index >= 15 is 0 Å². The van der Waals surface area contributed by atoms with E-state index in [9.17, 15) is 4.79 Å². The summed E-state index contributed by atoms with van der Waals surface area (Å²) in [6.45, 7) is 1.56. The molecule has 0 aliphatic heterocycles. The first-order chi connectivity index (χ1) is 6.86. The SMILES string of the molecule is CC(N)C(=O)c1cc(N)c(N)c(N)c1N. The lowest BCUT2D eigenvalue weighted by atomic mass is 10.0. The Labute approximate surface area is 87.4 Å². The summed E-state index contributed by atoms with van der Waals surface area (Å²) in [7, 11) is 0. The van der Waals surface area contributed by atoms with Crippen molar-refractivity contribution >= 4 is 28.5 Å². The highest BCUT2D eigenvalue weighted by atomic mass is 16.1. The molecule has 0 aliphatic carbocycles. The Kier molecular flexibility index (Phi) is 2.71. The van der Waals surface area contributed by atoms with E-state index in [1.54, 1.807) is 6.92 Å². The second kappa shape index (κ2) is 3.66. The minimum absolute atomic E-state index is 0.124. The standard InChI is InChI=1S/C9H15N5O/c1-3(10)9(15)4-2-5(11)7(13)8(14)6(4)12/h2-3H,10-14H2,1H3. The van der Waals surface area contributed by atoms with E-state index in [1.165, 1.54) is 6.07 Å². The van der Waals surface area contributed by atoms with Gasteiger partial charge in [-0.05, 0) is 13.0 Å². The van der Waals surface area contributed by atoms with Crippen LogP contribution < -0.4 is 28.7 Å². The van der Waals surface area contributed by atoms with Crippen LogP contribution in [0.5, 0.6) is 0 Å². The van der Waals surface area contributed by atoms with Gasteiger partial charge in [-0.15, -0.1) is 0 Å². The molecule has 82 valence electrons. The van der Waals surface area contributed by atoms with Gasteiger partial charge < -0.3 is 28.7 Å². The highest BCUT2D eigenvalue weighted by Crippen LogP contribution is 2.32. The number of carbonyl (C=O) groups excluding carboxylic acids is 1. The molecule has 0 aromatic heterocycles. The van der Waals surface area contributed by atoms with Gasteiger partial charge in [-0.1, -0.05) is 0 Å². The number of nitrogens with two attached hydrogens (primary N) is 5. The summed E-state index contributed by atoms with van der Waals surface area (Å²) < 4.78 is 0. The Bertz CT molecular complexity index is 413. The summed E-state index contributed by atoms with van der Waals surface area (Å²) in [5.74, 6) is -0.314. The summed E-state index contributed by atoms with van der Waals surface area (Å²) in [5.41, 5.74) is 28.7. The molecule has 1 aromatic rings. The zero-order valence-electron chi connectivity index (χ0n) is 8.45. The van der Waals surface area contributed by atoms with E-state index in [-0.39, 0.29) is 34.1 Å². The third kappa shape index (κ3) is 1.79. The van der Waals surface area contributed by atoms with Crippen molar-refractivity contribution in [2.45, 2.75) is 13.0 Å². The minimum atomic E-state index is -0.658. The average molecular weight is 209 g/mol. The molecule has 0 aliphatic rings. The molecular formula is C9H15N5O. The molecule has 0 fully saturated rings. The Morgan fingerprint density at radius 1 is 1.13 bits per heavy atom. The zero-order valence-corrected chi connectivity index (χ0v) is 8.45. The number of hydrogen-bond acceptors (Lipinski definition) is 6. The molecule has 1 atom stereocenters. The maximum Gasteiger partial charge on any atom is 0.181 e. The number of ketones is 1. The fourth-order valence-corrected chi connectivity index (χ4v) is 1.21. The second-order valence-corrected chi connectivity index (χ2v) is 3.41. The largest absolute Gasteiger partial charge is 0.397 e. The highest BCUT2D eigenvalue weighted by Gasteiger charge is 2.18. The fourth-order valence-electron chi connectivity index (χ4n) is 1.21. The Balaban J connectivity index is 3.39. The first-order valence-corrected chi connectivity index (χ1v) is 4.39. The third-order valence-electron chi connectivity index (χ3n) is 2.16. The summed E-state index contributed by atoms with van der Waals surface area (Å²) >= 11 is 0. The smallest absolute Gasteiger partial charge is 0.181 e. The van der Waals surface area contributed by atoms with E-state index in [4.69, 9.17) is 28.7 Å². The molecule has 1 unspecified atom stereocenters. The topological polar surface area (TPSA) is 147 Å². The van der Waals surface area contributed by atoms with Gasteiger partial charge in [-0.25, -0.2) is 0 Å². The summed E-state index contributed by atoms with van der Waals surface area (Å²) in [6.07, 6.45) is 0. The van der Waals surface area contributed by atoms with Crippen molar-refractivity contribution in [3.8, 4) is 0 Å². The quantitative estimate of drug-likeness (QED) is 0.329. The Hall–Kier alpha value is -1.95. The third-order valence-corrected chi connectivity index (χ3v) is 2.16. The van der Waals surface area contributed by atoms with Gasteiger partial charge in [0.1, 0.15) is 0 Å². The summed E-state index contributed by atoms with van der Waals surface area (Å²) in [5, 5.41) is 0. The molecular weight excluding hydrogens is 194 g/mol. The molecule has 1 rings (SSSR count). The molecule has 6 heteroatoms. The normalized spacial score (nSPS) is 12.4. The second-order valence-electron chi connectivity index (χ2n) is 3.41. The van der Waals surface area contributed by atoms with Crippen LogP contribution in [-0.4, -0.2) is 11.8 Å². The van der Waals surface area contributed by atoms with Crippen LogP contribution in [0.4, 0.5) is 22.7 Å². The van der Waals surface area contributed by atoms with Crippen molar-refractivity contribution < 1.29 is 4.79 Å². The maximum atomic E-state index is 11.6. The Morgan fingerprint density at radius 2 is 1.67 bits per heavy atom. The molecule has 0 heterocycles. The number of anilines is 4. The first-order valence-electron chi connectivity index (χ1n) is 4.39. The zero-order chi connectivity index (χ0) is 11.7.